The summed E-state index contributed by atoms with van der Waals surface area (Å²) in [7, 11) is 0. The number of imidazole rings is 1. The highest BCUT2D eigenvalue weighted by atomic mass is 19.4. The van der Waals surface area contributed by atoms with E-state index in [1.807, 2.05) is 37.3 Å². The molecule has 0 saturated carbocycles. The molecule has 20 heavy (non-hydrogen) atoms. The highest BCUT2D eigenvalue weighted by Crippen LogP contribution is 2.31. The number of aromatic nitrogens is 2. The van der Waals surface area contributed by atoms with E-state index in [2.05, 4.69) is 4.98 Å². The molecule has 0 aliphatic carbocycles. The molecule has 0 fully saturated rings. The summed E-state index contributed by atoms with van der Waals surface area (Å²) in [5, 5.41) is 0. The molecule has 1 aromatic carbocycles. The molecule has 0 spiro atoms. The van der Waals surface area contributed by atoms with Crippen LogP contribution in [0.25, 0.3) is 16.9 Å². The Bertz CT molecular complexity index is 758. The molecule has 2 nitrogen and oxygen atoms in total. The number of halogens is 3. The maximum atomic E-state index is 12.7. The molecule has 0 aliphatic heterocycles. The lowest BCUT2D eigenvalue weighted by Gasteiger charge is -2.06. The van der Waals surface area contributed by atoms with Gasteiger partial charge in [0.2, 0.25) is 0 Å². The summed E-state index contributed by atoms with van der Waals surface area (Å²) in [4.78, 5) is 4.32. The van der Waals surface area contributed by atoms with Crippen molar-refractivity contribution in [2.24, 2.45) is 0 Å². The number of rotatable bonds is 1. The van der Waals surface area contributed by atoms with Crippen molar-refractivity contribution in [3.8, 4) is 11.3 Å². The van der Waals surface area contributed by atoms with E-state index in [4.69, 9.17) is 0 Å². The molecule has 0 aliphatic rings. The van der Waals surface area contributed by atoms with E-state index >= 15 is 0 Å². The molecule has 0 amide bonds. The number of fused-ring (bicyclic) bond motifs is 1. The second-order valence-corrected chi connectivity index (χ2v) is 4.55. The molecule has 102 valence electrons. The summed E-state index contributed by atoms with van der Waals surface area (Å²) in [5.74, 6) is 0. The minimum Gasteiger partial charge on any atom is -0.304 e. The first-order valence-corrected chi connectivity index (χ1v) is 6.08. The van der Waals surface area contributed by atoms with Gasteiger partial charge in [0.05, 0.1) is 11.3 Å². The predicted molar refractivity (Wildman–Crippen MR) is 70.4 cm³/mol. The number of hydrogen-bond donors (Lipinski definition) is 0. The lowest BCUT2D eigenvalue weighted by Crippen LogP contribution is -2.05. The fourth-order valence-corrected chi connectivity index (χ4v) is 2.21. The van der Waals surface area contributed by atoms with Crippen molar-refractivity contribution in [3.05, 3.63) is 59.9 Å². The van der Waals surface area contributed by atoms with Gasteiger partial charge in [-0.15, -0.1) is 0 Å². The largest absolute Gasteiger partial charge is 0.416 e. The van der Waals surface area contributed by atoms with Crippen LogP contribution in [0.1, 0.15) is 11.3 Å². The van der Waals surface area contributed by atoms with Crippen LogP contribution in [0.4, 0.5) is 13.2 Å². The smallest absolute Gasteiger partial charge is 0.304 e. The number of nitrogens with zero attached hydrogens (tertiary/aromatic N) is 2. The van der Waals surface area contributed by atoms with Crippen LogP contribution in [0.2, 0.25) is 0 Å². The summed E-state index contributed by atoms with van der Waals surface area (Å²) < 4.78 is 39.8. The normalized spacial score (nSPS) is 12.0. The van der Waals surface area contributed by atoms with E-state index in [0.717, 1.165) is 23.4 Å². The van der Waals surface area contributed by atoms with Gasteiger partial charge in [-0.2, -0.15) is 13.2 Å². The molecule has 3 rings (SSSR count). The topological polar surface area (TPSA) is 17.3 Å². The SMILES string of the molecule is Cc1c(-c2ccccc2)nc2cc(C(F)(F)F)ccn12. The Morgan fingerprint density at radius 1 is 1.05 bits per heavy atom. The molecular weight excluding hydrogens is 265 g/mol. The third kappa shape index (κ3) is 2.05. The molecule has 0 saturated heterocycles. The Labute approximate surface area is 113 Å². The van der Waals surface area contributed by atoms with Crippen LogP contribution < -0.4 is 0 Å². The van der Waals surface area contributed by atoms with Gasteiger partial charge in [-0.1, -0.05) is 30.3 Å². The predicted octanol–water partition coefficient (Wildman–Crippen LogP) is 4.33. The van der Waals surface area contributed by atoms with Crippen LogP contribution >= 0.6 is 0 Å². The van der Waals surface area contributed by atoms with Crippen molar-refractivity contribution in [3.63, 3.8) is 0 Å². The third-order valence-electron chi connectivity index (χ3n) is 3.24. The number of benzene rings is 1. The molecule has 0 atom stereocenters. The van der Waals surface area contributed by atoms with Crippen molar-refractivity contribution in [1.29, 1.82) is 0 Å². The first-order valence-electron chi connectivity index (χ1n) is 6.08. The second-order valence-electron chi connectivity index (χ2n) is 4.55. The Balaban J connectivity index is 2.20. The van der Waals surface area contributed by atoms with Gasteiger partial charge < -0.3 is 4.40 Å². The van der Waals surface area contributed by atoms with Crippen molar-refractivity contribution < 1.29 is 13.2 Å². The third-order valence-corrected chi connectivity index (χ3v) is 3.24. The van der Waals surface area contributed by atoms with Gasteiger partial charge in [-0.25, -0.2) is 4.98 Å². The van der Waals surface area contributed by atoms with E-state index in [1.54, 1.807) is 4.40 Å². The molecule has 5 heteroatoms. The Morgan fingerprint density at radius 2 is 1.75 bits per heavy atom. The zero-order chi connectivity index (χ0) is 14.3. The Kier molecular flexibility index (Phi) is 2.78. The van der Waals surface area contributed by atoms with Crippen LogP contribution in [0.15, 0.2) is 48.7 Å². The first-order chi connectivity index (χ1) is 9.47. The van der Waals surface area contributed by atoms with Crippen LogP contribution in [-0.2, 0) is 6.18 Å². The van der Waals surface area contributed by atoms with Gasteiger partial charge >= 0.3 is 6.18 Å². The highest BCUT2D eigenvalue weighted by Gasteiger charge is 2.31. The van der Waals surface area contributed by atoms with Gasteiger partial charge in [0.25, 0.3) is 0 Å². The number of pyridine rings is 1. The number of alkyl halides is 3. The maximum Gasteiger partial charge on any atom is 0.416 e. The molecule has 0 bridgehead atoms. The summed E-state index contributed by atoms with van der Waals surface area (Å²) in [6.07, 6.45) is -2.94. The molecule has 3 aromatic rings. The zero-order valence-corrected chi connectivity index (χ0v) is 10.6. The van der Waals surface area contributed by atoms with Crippen molar-refractivity contribution in [2.75, 3.05) is 0 Å². The number of hydrogen-bond acceptors (Lipinski definition) is 1. The minimum atomic E-state index is -4.35. The fourth-order valence-electron chi connectivity index (χ4n) is 2.21. The lowest BCUT2D eigenvalue weighted by molar-refractivity contribution is -0.137. The van der Waals surface area contributed by atoms with E-state index < -0.39 is 11.7 Å². The molecule has 2 aromatic heterocycles. The van der Waals surface area contributed by atoms with E-state index in [1.165, 1.54) is 6.20 Å². The molecule has 2 heterocycles. The lowest BCUT2D eigenvalue weighted by atomic mass is 10.1. The Morgan fingerprint density at radius 3 is 2.40 bits per heavy atom. The standard InChI is InChI=1S/C15H11F3N2/c1-10-14(11-5-3-2-4-6-11)19-13-9-12(15(16,17)18)7-8-20(10)13/h2-9H,1H3. The van der Waals surface area contributed by atoms with Gasteiger partial charge in [-0.05, 0) is 19.1 Å². The molecule has 0 unspecified atom stereocenters. The van der Waals surface area contributed by atoms with E-state index in [0.29, 0.717) is 11.3 Å². The molecule has 0 N–H and O–H groups in total. The summed E-state index contributed by atoms with van der Waals surface area (Å²) in [5.41, 5.74) is 2.03. The monoisotopic (exact) mass is 276 g/mol. The van der Waals surface area contributed by atoms with Gasteiger partial charge in [0.1, 0.15) is 5.65 Å². The highest BCUT2D eigenvalue weighted by molar-refractivity contribution is 5.66. The summed E-state index contributed by atoms with van der Waals surface area (Å²) >= 11 is 0. The first kappa shape index (κ1) is 12.7. The van der Waals surface area contributed by atoms with E-state index in [-0.39, 0.29) is 0 Å². The van der Waals surface area contributed by atoms with Gasteiger partial charge in [-0.3, -0.25) is 0 Å². The fraction of sp³-hybridized carbons (Fsp3) is 0.133. The summed E-state index contributed by atoms with van der Waals surface area (Å²) in [6, 6.07) is 11.5. The van der Waals surface area contributed by atoms with Crippen LogP contribution in [0, 0.1) is 6.92 Å². The second kappa shape index (κ2) is 4.37. The van der Waals surface area contributed by atoms with Crippen molar-refractivity contribution in [2.45, 2.75) is 13.1 Å². The average Bonchev–Trinajstić information content (AvgIpc) is 2.76. The maximum absolute atomic E-state index is 12.7. The van der Waals surface area contributed by atoms with Gasteiger partial charge in [0, 0.05) is 17.5 Å². The van der Waals surface area contributed by atoms with Gasteiger partial charge in [0.15, 0.2) is 0 Å². The average molecular weight is 276 g/mol. The molecular formula is C15H11F3N2. The van der Waals surface area contributed by atoms with Crippen LogP contribution in [0.5, 0.6) is 0 Å². The van der Waals surface area contributed by atoms with E-state index in [9.17, 15) is 13.2 Å². The summed E-state index contributed by atoms with van der Waals surface area (Å²) in [6.45, 7) is 1.84. The number of aryl methyl sites for hydroxylation is 1. The van der Waals surface area contributed by atoms with Crippen LogP contribution in [0.3, 0.4) is 0 Å². The van der Waals surface area contributed by atoms with Crippen LogP contribution in [-0.4, -0.2) is 9.38 Å². The van der Waals surface area contributed by atoms with Crippen molar-refractivity contribution in [1.82, 2.24) is 9.38 Å². The molecule has 0 radical (unpaired) electrons. The minimum absolute atomic E-state index is 0.302. The zero-order valence-electron chi connectivity index (χ0n) is 10.6. The quantitative estimate of drug-likeness (QED) is 0.646. The Hall–Kier alpha value is -2.30. The van der Waals surface area contributed by atoms with Crippen molar-refractivity contribution >= 4 is 5.65 Å².